The molecule has 0 aliphatic rings. The first-order chi connectivity index (χ1) is 6.52. The molecular formula is C8H17ClF2N2OS. The van der Waals surface area contributed by atoms with E-state index >= 15 is 0 Å². The molecule has 15 heavy (non-hydrogen) atoms. The van der Waals surface area contributed by atoms with Crippen LogP contribution >= 0.6 is 24.2 Å². The smallest absolute Gasteiger partial charge is 0.277 e. The minimum atomic E-state index is -2.99. The highest BCUT2D eigenvalue weighted by molar-refractivity contribution is 7.99. The van der Waals surface area contributed by atoms with Crippen molar-refractivity contribution in [3.05, 3.63) is 0 Å². The summed E-state index contributed by atoms with van der Waals surface area (Å²) in [6.07, 6.45) is 0.969. The Morgan fingerprint density at radius 3 is 2.60 bits per heavy atom. The predicted octanol–water partition coefficient (Wildman–Crippen LogP) is 1.26. The average molecular weight is 263 g/mol. The second-order valence-electron chi connectivity index (χ2n) is 2.89. The Kier molecular flexibility index (Phi) is 10.6. The largest absolute Gasteiger partial charge is 0.349 e. The van der Waals surface area contributed by atoms with E-state index in [4.69, 9.17) is 5.73 Å². The lowest BCUT2D eigenvalue weighted by atomic mass is 10.3. The van der Waals surface area contributed by atoms with E-state index < -0.39 is 19.0 Å². The molecule has 0 aliphatic carbocycles. The summed E-state index contributed by atoms with van der Waals surface area (Å²) < 4.78 is 25.1. The molecule has 0 atom stereocenters. The predicted molar refractivity (Wildman–Crippen MR) is 61.9 cm³/mol. The van der Waals surface area contributed by atoms with E-state index in [1.165, 1.54) is 11.8 Å². The van der Waals surface area contributed by atoms with E-state index in [-0.39, 0.29) is 24.1 Å². The van der Waals surface area contributed by atoms with Crippen LogP contribution in [-0.2, 0) is 4.79 Å². The molecule has 7 heteroatoms. The van der Waals surface area contributed by atoms with E-state index in [0.717, 1.165) is 12.2 Å². The van der Waals surface area contributed by atoms with Gasteiger partial charge in [-0.15, -0.1) is 12.4 Å². The van der Waals surface area contributed by atoms with Crippen LogP contribution in [0.4, 0.5) is 8.78 Å². The number of thioether (sulfide) groups is 1. The number of carbonyl (C=O) groups excluding carboxylic acids is 1. The second kappa shape index (κ2) is 9.18. The first-order valence-corrected chi connectivity index (χ1v) is 5.59. The van der Waals surface area contributed by atoms with Crippen LogP contribution in [0.3, 0.4) is 0 Å². The Morgan fingerprint density at radius 1 is 1.53 bits per heavy atom. The van der Waals surface area contributed by atoms with Crippen LogP contribution in [0.15, 0.2) is 0 Å². The molecule has 1 amide bonds. The highest BCUT2D eigenvalue weighted by Crippen LogP contribution is 2.09. The number of nitrogens with two attached hydrogens (primary N) is 1. The lowest BCUT2D eigenvalue weighted by Crippen LogP contribution is -2.42. The lowest BCUT2D eigenvalue weighted by molar-refractivity contribution is -0.120. The van der Waals surface area contributed by atoms with E-state index in [2.05, 4.69) is 5.32 Å². The second-order valence-corrected chi connectivity index (χ2v) is 3.99. The fourth-order valence-electron chi connectivity index (χ4n) is 0.660. The summed E-state index contributed by atoms with van der Waals surface area (Å²) in [5.41, 5.74) is 4.81. The molecule has 92 valence electrons. The SMILES string of the molecule is CCCSCC(=O)NCC(F)(F)CN.Cl. The van der Waals surface area contributed by atoms with Crippen molar-refractivity contribution in [1.82, 2.24) is 5.32 Å². The summed E-state index contributed by atoms with van der Waals surface area (Å²) in [6.45, 7) is 0.581. The van der Waals surface area contributed by atoms with E-state index in [0.29, 0.717) is 0 Å². The summed E-state index contributed by atoms with van der Waals surface area (Å²) in [7, 11) is 0. The fraction of sp³-hybridized carbons (Fsp3) is 0.875. The monoisotopic (exact) mass is 262 g/mol. The molecule has 0 bridgehead atoms. The third kappa shape index (κ3) is 10.2. The third-order valence-electron chi connectivity index (χ3n) is 1.42. The van der Waals surface area contributed by atoms with E-state index in [1.807, 2.05) is 6.92 Å². The van der Waals surface area contributed by atoms with Crippen LogP contribution in [0.1, 0.15) is 13.3 Å². The standard InChI is InChI=1S/C8H16F2N2OS.ClH/c1-2-3-14-4-7(13)12-6-8(9,10)5-11;/h2-6,11H2,1H3,(H,12,13);1H. The van der Waals surface area contributed by atoms with Gasteiger partial charge in [0.1, 0.15) is 0 Å². The van der Waals surface area contributed by atoms with Crippen molar-refractivity contribution in [2.45, 2.75) is 19.3 Å². The molecule has 0 aliphatic heterocycles. The number of halogens is 3. The zero-order valence-corrected chi connectivity index (χ0v) is 10.2. The Balaban J connectivity index is 0. The van der Waals surface area contributed by atoms with Gasteiger partial charge in [0.25, 0.3) is 5.92 Å². The summed E-state index contributed by atoms with van der Waals surface area (Å²) in [5.74, 6) is -2.27. The zero-order valence-electron chi connectivity index (χ0n) is 8.59. The molecule has 0 aromatic carbocycles. The van der Waals surface area contributed by atoms with Crippen LogP contribution in [0.5, 0.6) is 0 Å². The number of hydrogen-bond acceptors (Lipinski definition) is 3. The zero-order chi connectivity index (χ0) is 11.0. The summed E-state index contributed by atoms with van der Waals surface area (Å²) in [5, 5.41) is 2.14. The molecule has 3 N–H and O–H groups in total. The van der Waals surface area contributed by atoms with Crippen LogP contribution < -0.4 is 11.1 Å². The normalized spacial score (nSPS) is 10.7. The number of hydrogen-bond donors (Lipinski definition) is 2. The van der Waals surface area contributed by atoms with Gasteiger partial charge in [-0.3, -0.25) is 4.79 Å². The first-order valence-electron chi connectivity index (χ1n) is 4.44. The molecule has 0 unspecified atom stereocenters. The van der Waals surface area contributed by atoms with Crippen molar-refractivity contribution >= 4 is 30.1 Å². The van der Waals surface area contributed by atoms with Crippen LogP contribution in [0, 0.1) is 0 Å². The summed E-state index contributed by atoms with van der Waals surface area (Å²) >= 11 is 1.43. The molecule has 0 heterocycles. The number of nitrogens with one attached hydrogen (secondary N) is 1. The minimum Gasteiger partial charge on any atom is -0.349 e. The van der Waals surface area contributed by atoms with Crippen LogP contribution in [-0.4, -0.2) is 36.4 Å². The maximum atomic E-state index is 12.6. The Labute approximate surface area is 99.0 Å². The number of carbonyl (C=O) groups is 1. The maximum Gasteiger partial charge on any atom is 0.277 e. The van der Waals surface area contributed by atoms with Gasteiger partial charge in [0, 0.05) is 0 Å². The molecule has 0 rings (SSSR count). The molecule has 0 aromatic heterocycles. The lowest BCUT2D eigenvalue weighted by Gasteiger charge is -2.14. The maximum absolute atomic E-state index is 12.6. The van der Waals surface area contributed by atoms with Gasteiger partial charge < -0.3 is 11.1 Å². The van der Waals surface area contributed by atoms with Crippen molar-refractivity contribution in [3.8, 4) is 0 Å². The van der Waals surface area contributed by atoms with Crippen LogP contribution in [0.2, 0.25) is 0 Å². The molecule has 3 nitrogen and oxygen atoms in total. The quantitative estimate of drug-likeness (QED) is 0.680. The van der Waals surface area contributed by atoms with Crippen molar-refractivity contribution < 1.29 is 13.6 Å². The Hall–Kier alpha value is -0.0700. The van der Waals surface area contributed by atoms with Crippen molar-refractivity contribution in [3.63, 3.8) is 0 Å². The van der Waals surface area contributed by atoms with Gasteiger partial charge in [0.05, 0.1) is 18.8 Å². The molecule has 0 spiro atoms. The molecule has 0 saturated heterocycles. The van der Waals surface area contributed by atoms with Crippen LogP contribution in [0.25, 0.3) is 0 Å². The third-order valence-corrected chi connectivity index (χ3v) is 2.59. The van der Waals surface area contributed by atoms with Crippen molar-refractivity contribution in [1.29, 1.82) is 0 Å². The molecule has 0 radical (unpaired) electrons. The Morgan fingerprint density at radius 2 is 2.13 bits per heavy atom. The molecular weight excluding hydrogens is 246 g/mol. The van der Waals surface area contributed by atoms with Gasteiger partial charge in [-0.1, -0.05) is 6.92 Å². The van der Waals surface area contributed by atoms with Crippen molar-refractivity contribution in [2.75, 3.05) is 24.6 Å². The van der Waals surface area contributed by atoms with Crippen molar-refractivity contribution in [2.24, 2.45) is 5.73 Å². The summed E-state index contributed by atoms with van der Waals surface area (Å²) in [6, 6.07) is 0. The van der Waals surface area contributed by atoms with Gasteiger partial charge in [-0.25, -0.2) is 8.78 Å². The Bertz CT molecular complexity index is 184. The van der Waals surface area contributed by atoms with Gasteiger partial charge in [-0.2, -0.15) is 11.8 Å². The number of rotatable bonds is 7. The molecule has 0 aromatic rings. The topological polar surface area (TPSA) is 55.1 Å². The molecule has 0 fully saturated rings. The van der Waals surface area contributed by atoms with Gasteiger partial charge in [0.15, 0.2) is 0 Å². The van der Waals surface area contributed by atoms with Gasteiger partial charge >= 0.3 is 0 Å². The number of alkyl halides is 2. The van der Waals surface area contributed by atoms with E-state index in [1.54, 1.807) is 0 Å². The van der Waals surface area contributed by atoms with Gasteiger partial charge in [0.2, 0.25) is 5.91 Å². The highest BCUT2D eigenvalue weighted by Gasteiger charge is 2.26. The van der Waals surface area contributed by atoms with E-state index in [9.17, 15) is 13.6 Å². The molecule has 0 saturated carbocycles. The first kappa shape index (κ1) is 17.3. The number of amides is 1. The highest BCUT2D eigenvalue weighted by atomic mass is 35.5. The fourth-order valence-corrected chi connectivity index (χ4v) is 1.38. The summed E-state index contributed by atoms with van der Waals surface area (Å²) in [4.78, 5) is 11.0. The van der Waals surface area contributed by atoms with Gasteiger partial charge in [-0.05, 0) is 12.2 Å². The minimum absolute atomic E-state index is 0. The average Bonchev–Trinajstić information content (AvgIpc) is 2.16.